The molecule has 0 saturated carbocycles. The summed E-state index contributed by atoms with van der Waals surface area (Å²) in [4.78, 5) is 12.0. The Bertz CT molecular complexity index is 733. The number of hydrogen-bond acceptors (Lipinski definition) is 2. The summed E-state index contributed by atoms with van der Waals surface area (Å²) in [6, 6.07) is 9.78. The number of rotatable bonds is 2. The molecule has 0 aromatic heterocycles. The summed E-state index contributed by atoms with van der Waals surface area (Å²) in [6.07, 6.45) is 0. The van der Waals surface area contributed by atoms with Crippen LogP contribution in [0.15, 0.2) is 42.5 Å². The van der Waals surface area contributed by atoms with E-state index in [0.717, 1.165) is 12.1 Å². The van der Waals surface area contributed by atoms with Gasteiger partial charge in [-0.05, 0) is 30.3 Å². The minimum absolute atomic E-state index is 0.178. The van der Waals surface area contributed by atoms with Gasteiger partial charge >= 0.3 is 0 Å². The maximum atomic E-state index is 13.1. The van der Waals surface area contributed by atoms with Crippen LogP contribution in [0.4, 0.5) is 14.5 Å². The minimum Gasteiger partial charge on any atom is -0.322 e. The van der Waals surface area contributed by atoms with E-state index in [9.17, 15) is 13.6 Å². The standard InChI is InChI=1S/C16H12F2N2O/c17-14-7-6-13(10-15(14)18)20-16(21)12-5-1-3-11(9-12)4-2-8-19/h1,3,5-7,9-10H,8,19H2,(H,20,21). The predicted octanol–water partition coefficient (Wildman–Crippen LogP) is 2.53. The minimum atomic E-state index is -1.02. The zero-order valence-corrected chi connectivity index (χ0v) is 11.0. The van der Waals surface area contributed by atoms with Crippen LogP contribution < -0.4 is 11.1 Å². The first kappa shape index (κ1) is 14.7. The molecule has 0 aliphatic rings. The number of nitrogens with two attached hydrogens (primary N) is 1. The van der Waals surface area contributed by atoms with Gasteiger partial charge in [-0.1, -0.05) is 17.9 Å². The van der Waals surface area contributed by atoms with Crippen molar-refractivity contribution in [1.82, 2.24) is 0 Å². The van der Waals surface area contributed by atoms with Gasteiger partial charge in [0.15, 0.2) is 11.6 Å². The SMILES string of the molecule is NCC#Cc1cccc(C(=O)Nc2ccc(F)c(F)c2)c1. The Morgan fingerprint density at radius 2 is 1.95 bits per heavy atom. The summed E-state index contributed by atoms with van der Waals surface area (Å²) < 4.78 is 25.9. The summed E-state index contributed by atoms with van der Waals surface area (Å²) in [5.74, 6) is 3.09. The number of carbonyl (C=O) groups is 1. The Balaban J connectivity index is 2.18. The molecule has 3 nitrogen and oxygen atoms in total. The first-order chi connectivity index (χ1) is 10.1. The molecule has 0 aliphatic heterocycles. The number of halogens is 2. The first-order valence-corrected chi connectivity index (χ1v) is 6.15. The van der Waals surface area contributed by atoms with Gasteiger partial charge in [0, 0.05) is 22.9 Å². The third-order valence-corrected chi connectivity index (χ3v) is 2.64. The number of hydrogen-bond donors (Lipinski definition) is 2. The van der Waals surface area contributed by atoms with Crippen molar-refractivity contribution in [2.75, 3.05) is 11.9 Å². The van der Waals surface area contributed by atoms with Crippen LogP contribution >= 0.6 is 0 Å². The highest BCUT2D eigenvalue weighted by Gasteiger charge is 2.08. The molecule has 3 N–H and O–H groups in total. The van der Waals surface area contributed by atoms with Crippen LogP contribution in [0.5, 0.6) is 0 Å². The molecule has 0 fully saturated rings. The van der Waals surface area contributed by atoms with Crippen LogP contribution in [0.25, 0.3) is 0 Å². The zero-order chi connectivity index (χ0) is 15.2. The van der Waals surface area contributed by atoms with E-state index in [1.165, 1.54) is 6.07 Å². The van der Waals surface area contributed by atoms with Crippen molar-refractivity contribution in [3.63, 3.8) is 0 Å². The third-order valence-electron chi connectivity index (χ3n) is 2.64. The van der Waals surface area contributed by atoms with Gasteiger partial charge in [-0.25, -0.2) is 8.78 Å². The predicted molar refractivity (Wildman–Crippen MR) is 76.7 cm³/mol. The first-order valence-electron chi connectivity index (χ1n) is 6.15. The van der Waals surface area contributed by atoms with Crippen LogP contribution in [0.3, 0.4) is 0 Å². The molecule has 0 unspecified atom stereocenters. The quantitative estimate of drug-likeness (QED) is 0.834. The van der Waals surface area contributed by atoms with Gasteiger partial charge in [-0.2, -0.15) is 0 Å². The molecule has 1 amide bonds. The van der Waals surface area contributed by atoms with Crippen LogP contribution in [0.2, 0.25) is 0 Å². The average Bonchev–Trinajstić information content (AvgIpc) is 2.49. The van der Waals surface area contributed by atoms with E-state index in [1.54, 1.807) is 24.3 Å². The second-order valence-electron chi connectivity index (χ2n) is 4.17. The van der Waals surface area contributed by atoms with Gasteiger partial charge < -0.3 is 11.1 Å². The average molecular weight is 286 g/mol. The number of carbonyl (C=O) groups excluding carboxylic acids is 1. The molecule has 2 aromatic carbocycles. The van der Waals surface area contributed by atoms with Gasteiger partial charge in [-0.3, -0.25) is 4.79 Å². The maximum Gasteiger partial charge on any atom is 0.255 e. The maximum absolute atomic E-state index is 13.1. The van der Waals surface area contributed by atoms with E-state index >= 15 is 0 Å². The molecule has 0 radical (unpaired) electrons. The van der Waals surface area contributed by atoms with Gasteiger partial charge in [0.05, 0.1) is 6.54 Å². The summed E-state index contributed by atoms with van der Waals surface area (Å²) >= 11 is 0. The Morgan fingerprint density at radius 3 is 2.67 bits per heavy atom. The fourth-order valence-electron chi connectivity index (χ4n) is 1.67. The molecule has 21 heavy (non-hydrogen) atoms. The lowest BCUT2D eigenvalue weighted by Crippen LogP contribution is -2.12. The molecule has 106 valence electrons. The molecule has 0 spiro atoms. The van der Waals surface area contributed by atoms with Gasteiger partial charge in [0.2, 0.25) is 0 Å². The lowest BCUT2D eigenvalue weighted by molar-refractivity contribution is 0.102. The summed E-state index contributed by atoms with van der Waals surface area (Å²) in [7, 11) is 0. The van der Waals surface area contributed by atoms with Crippen molar-refractivity contribution in [3.8, 4) is 11.8 Å². The largest absolute Gasteiger partial charge is 0.322 e. The Morgan fingerprint density at radius 1 is 1.14 bits per heavy atom. The van der Waals surface area contributed by atoms with Crippen LogP contribution in [-0.4, -0.2) is 12.5 Å². The number of benzene rings is 2. The topological polar surface area (TPSA) is 55.1 Å². The van der Waals surface area contributed by atoms with Crippen molar-refractivity contribution in [2.45, 2.75) is 0 Å². The highest BCUT2D eigenvalue weighted by molar-refractivity contribution is 6.04. The van der Waals surface area contributed by atoms with Crippen molar-refractivity contribution in [3.05, 3.63) is 65.2 Å². The van der Waals surface area contributed by atoms with Crippen molar-refractivity contribution in [2.24, 2.45) is 5.73 Å². The summed E-state index contributed by atoms with van der Waals surface area (Å²) in [5, 5.41) is 2.49. The molecule has 0 heterocycles. The van der Waals surface area contributed by atoms with E-state index in [2.05, 4.69) is 17.2 Å². The van der Waals surface area contributed by atoms with Crippen molar-refractivity contribution >= 4 is 11.6 Å². The number of anilines is 1. The highest BCUT2D eigenvalue weighted by Crippen LogP contribution is 2.14. The highest BCUT2D eigenvalue weighted by atomic mass is 19.2. The Labute approximate surface area is 120 Å². The van der Waals surface area contributed by atoms with Gasteiger partial charge in [-0.15, -0.1) is 0 Å². The van der Waals surface area contributed by atoms with E-state index in [-0.39, 0.29) is 12.2 Å². The molecular weight excluding hydrogens is 274 g/mol. The molecule has 0 atom stereocenters. The number of nitrogens with one attached hydrogen (secondary N) is 1. The van der Waals surface area contributed by atoms with Crippen LogP contribution in [-0.2, 0) is 0 Å². The fourth-order valence-corrected chi connectivity index (χ4v) is 1.67. The van der Waals surface area contributed by atoms with Gasteiger partial charge in [0.1, 0.15) is 0 Å². The summed E-state index contributed by atoms with van der Waals surface area (Å²) in [5.41, 5.74) is 6.48. The second kappa shape index (κ2) is 6.64. The molecule has 5 heteroatoms. The molecular formula is C16H12F2N2O. The monoisotopic (exact) mass is 286 g/mol. The third kappa shape index (κ3) is 3.88. The molecule has 2 rings (SSSR count). The molecule has 2 aromatic rings. The second-order valence-corrected chi connectivity index (χ2v) is 4.17. The Kier molecular flexibility index (Phi) is 4.64. The lowest BCUT2D eigenvalue weighted by atomic mass is 10.1. The molecule has 0 saturated heterocycles. The van der Waals surface area contributed by atoms with E-state index in [1.807, 2.05) is 0 Å². The number of amides is 1. The zero-order valence-electron chi connectivity index (χ0n) is 11.0. The molecule has 0 bridgehead atoms. The van der Waals surface area contributed by atoms with E-state index < -0.39 is 17.5 Å². The normalized spacial score (nSPS) is 9.67. The van der Waals surface area contributed by atoms with E-state index in [0.29, 0.717) is 11.1 Å². The van der Waals surface area contributed by atoms with Crippen molar-refractivity contribution in [1.29, 1.82) is 0 Å². The fraction of sp³-hybridized carbons (Fsp3) is 0.0625. The Hall–Kier alpha value is -2.71. The lowest BCUT2D eigenvalue weighted by Gasteiger charge is -2.06. The van der Waals surface area contributed by atoms with Crippen molar-refractivity contribution < 1.29 is 13.6 Å². The van der Waals surface area contributed by atoms with E-state index in [4.69, 9.17) is 5.73 Å². The van der Waals surface area contributed by atoms with Crippen LogP contribution in [0, 0.1) is 23.5 Å². The summed E-state index contributed by atoms with van der Waals surface area (Å²) in [6.45, 7) is 0.227. The molecule has 0 aliphatic carbocycles. The van der Waals surface area contributed by atoms with Gasteiger partial charge in [0.25, 0.3) is 5.91 Å². The smallest absolute Gasteiger partial charge is 0.255 e. The van der Waals surface area contributed by atoms with Crippen LogP contribution in [0.1, 0.15) is 15.9 Å².